The molecule has 0 aliphatic rings. The summed E-state index contributed by atoms with van der Waals surface area (Å²) < 4.78 is 0. The summed E-state index contributed by atoms with van der Waals surface area (Å²) >= 11 is 0. The molecule has 0 unspecified atom stereocenters. The van der Waals surface area contributed by atoms with E-state index in [0.717, 1.165) is 0 Å². The van der Waals surface area contributed by atoms with Gasteiger partial charge in [0.1, 0.15) is 0 Å². The largest absolute Gasteiger partial charge is 2.00 e. The minimum absolute atomic E-state index is 0. The van der Waals surface area contributed by atoms with Crippen LogP contribution >= 0.6 is 0 Å². The molecule has 0 amide bonds. The van der Waals surface area contributed by atoms with Gasteiger partial charge in [-0.05, 0) is 41.5 Å². The third kappa shape index (κ3) is 3.92. The van der Waals surface area contributed by atoms with Gasteiger partial charge >= 0.3 is 17.1 Å². The number of fused-ring (bicyclic) bond motifs is 2. The van der Waals surface area contributed by atoms with Crippen molar-refractivity contribution in [2.75, 3.05) is 0 Å². The average Bonchev–Trinajstić information content (AvgIpc) is 3.13. The quantitative estimate of drug-likeness (QED) is 0.173. The Morgan fingerprint density at radius 3 is 0.848 bits per heavy atom. The van der Waals surface area contributed by atoms with Gasteiger partial charge in [0.25, 0.3) is 0 Å². The SMILES string of the molecule is Cc1c(C)c(C)c2c(c1C)c(C)c(C)[c-]2C.Cc1c(C)c(C)c2c(c1C)c(C)c(C)[c-]2C.[Fe+2]. The minimum Gasteiger partial charge on any atom is -0.153 e. The molecule has 4 aromatic rings. The van der Waals surface area contributed by atoms with Crippen LogP contribution in [0.5, 0.6) is 0 Å². The van der Waals surface area contributed by atoms with Crippen LogP contribution in [0.1, 0.15) is 77.9 Å². The molecule has 0 fully saturated rings. The molecule has 178 valence electrons. The molecule has 0 spiro atoms. The van der Waals surface area contributed by atoms with E-state index in [9.17, 15) is 0 Å². The first-order valence-electron chi connectivity index (χ1n) is 12.0. The number of benzene rings is 2. The Bertz CT molecular complexity index is 1170. The van der Waals surface area contributed by atoms with Crippen molar-refractivity contribution in [3.8, 4) is 0 Å². The molecule has 0 aromatic heterocycles. The van der Waals surface area contributed by atoms with E-state index in [1.54, 1.807) is 0 Å². The Kier molecular flexibility index (Phi) is 7.84. The maximum atomic E-state index is 2.26. The first-order valence-corrected chi connectivity index (χ1v) is 12.0. The van der Waals surface area contributed by atoms with Gasteiger partial charge in [-0.1, -0.05) is 88.8 Å². The van der Waals surface area contributed by atoms with E-state index in [1.807, 2.05) is 0 Å². The molecular weight excluding hydrogens is 440 g/mol. The molecule has 0 nitrogen and oxygen atoms in total. The predicted molar refractivity (Wildman–Crippen MR) is 145 cm³/mol. The van der Waals surface area contributed by atoms with Gasteiger partial charge in [-0.2, -0.15) is 11.1 Å². The smallest absolute Gasteiger partial charge is 0.153 e. The molecule has 1 heteroatoms. The standard InChI is InChI=1S/2C16H21.Fe/c2*1-8-9(2)12(5)16-14(7)10(3)13(6)15(16)11(8)4;/h2*1-7H3;/q2*-1;+2. The van der Waals surface area contributed by atoms with Gasteiger partial charge in [-0.3, -0.25) is 0 Å². The topological polar surface area (TPSA) is 0 Å². The molecule has 0 saturated heterocycles. The van der Waals surface area contributed by atoms with Gasteiger partial charge < -0.3 is 0 Å². The zero-order valence-electron chi connectivity index (χ0n) is 23.4. The van der Waals surface area contributed by atoms with E-state index < -0.39 is 0 Å². The fourth-order valence-electron chi connectivity index (χ4n) is 5.81. The molecule has 0 heterocycles. The van der Waals surface area contributed by atoms with E-state index in [2.05, 4.69) is 96.9 Å². The van der Waals surface area contributed by atoms with Gasteiger partial charge in [0.2, 0.25) is 0 Å². The summed E-state index contributed by atoms with van der Waals surface area (Å²) in [5.74, 6) is 0. The van der Waals surface area contributed by atoms with Crippen LogP contribution in [-0.4, -0.2) is 0 Å². The van der Waals surface area contributed by atoms with E-state index in [0.29, 0.717) is 0 Å². The monoisotopic (exact) mass is 482 g/mol. The van der Waals surface area contributed by atoms with Crippen molar-refractivity contribution in [1.82, 2.24) is 0 Å². The summed E-state index contributed by atoms with van der Waals surface area (Å²) in [6.45, 7) is 31.5. The molecule has 0 saturated carbocycles. The van der Waals surface area contributed by atoms with Crippen LogP contribution in [0.15, 0.2) is 0 Å². The van der Waals surface area contributed by atoms with Crippen LogP contribution in [0.4, 0.5) is 0 Å². The maximum absolute atomic E-state index is 2.26. The Labute approximate surface area is 213 Å². The summed E-state index contributed by atoms with van der Waals surface area (Å²) in [6.07, 6.45) is 0. The first-order chi connectivity index (χ1) is 14.7. The Hall–Kier alpha value is -1.82. The van der Waals surface area contributed by atoms with Crippen molar-refractivity contribution in [2.24, 2.45) is 0 Å². The fourth-order valence-corrected chi connectivity index (χ4v) is 5.81. The molecule has 0 aliphatic carbocycles. The molecule has 0 atom stereocenters. The number of aryl methyl sites for hydroxylation is 8. The molecule has 0 radical (unpaired) electrons. The Balaban J connectivity index is 0.000000227. The number of rotatable bonds is 0. The molecule has 0 bridgehead atoms. The van der Waals surface area contributed by atoms with Crippen molar-refractivity contribution in [3.63, 3.8) is 0 Å². The summed E-state index contributed by atoms with van der Waals surface area (Å²) in [7, 11) is 0. The van der Waals surface area contributed by atoms with Crippen molar-refractivity contribution in [3.05, 3.63) is 77.9 Å². The summed E-state index contributed by atoms with van der Waals surface area (Å²) in [4.78, 5) is 0. The molecule has 33 heavy (non-hydrogen) atoms. The second kappa shape index (κ2) is 9.44. The zero-order chi connectivity index (χ0) is 24.4. The fraction of sp³-hybridized carbons (Fsp3) is 0.438. The van der Waals surface area contributed by atoms with Gasteiger partial charge in [-0.25, -0.2) is 0 Å². The van der Waals surface area contributed by atoms with Crippen LogP contribution < -0.4 is 0 Å². The van der Waals surface area contributed by atoms with E-state index in [4.69, 9.17) is 0 Å². The van der Waals surface area contributed by atoms with Crippen LogP contribution in [0, 0.1) is 96.9 Å². The summed E-state index contributed by atoms with van der Waals surface area (Å²) in [6, 6.07) is 0. The van der Waals surface area contributed by atoms with Crippen molar-refractivity contribution < 1.29 is 17.1 Å². The molecule has 0 N–H and O–H groups in total. The van der Waals surface area contributed by atoms with E-state index in [1.165, 1.54) is 99.4 Å². The third-order valence-corrected chi connectivity index (χ3v) is 9.12. The van der Waals surface area contributed by atoms with E-state index >= 15 is 0 Å². The van der Waals surface area contributed by atoms with E-state index in [-0.39, 0.29) is 17.1 Å². The van der Waals surface area contributed by atoms with Crippen LogP contribution in [0.25, 0.3) is 21.5 Å². The second-order valence-electron chi connectivity index (χ2n) is 10.2. The average molecular weight is 483 g/mol. The van der Waals surface area contributed by atoms with Gasteiger partial charge in [0.15, 0.2) is 0 Å². The Morgan fingerprint density at radius 2 is 0.576 bits per heavy atom. The summed E-state index contributed by atoms with van der Waals surface area (Å²) in [5.41, 5.74) is 20.5. The van der Waals surface area contributed by atoms with Crippen molar-refractivity contribution in [1.29, 1.82) is 0 Å². The van der Waals surface area contributed by atoms with Gasteiger partial charge in [0, 0.05) is 0 Å². The normalized spacial score (nSPS) is 11.1. The van der Waals surface area contributed by atoms with Gasteiger partial charge in [0.05, 0.1) is 0 Å². The number of hydrogen-bond donors (Lipinski definition) is 0. The number of hydrogen-bond acceptors (Lipinski definition) is 0. The first kappa shape index (κ1) is 27.4. The third-order valence-electron chi connectivity index (χ3n) is 9.12. The maximum Gasteiger partial charge on any atom is 2.00 e. The van der Waals surface area contributed by atoms with Crippen LogP contribution in [0.3, 0.4) is 0 Å². The minimum atomic E-state index is 0. The molecule has 4 rings (SSSR count). The molecule has 0 aliphatic heterocycles. The predicted octanol–water partition coefficient (Wildman–Crippen LogP) is 9.43. The van der Waals surface area contributed by atoms with Crippen molar-refractivity contribution in [2.45, 2.75) is 96.9 Å². The summed E-state index contributed by atoms with van der Waals surface area (Å²) in [5, 5.41) is 5.98. The van der Waals surface area contributed by atoms with Crippen LogP contribution in [-0.2, 0) is 17.1 Å². The zero-order valence-corrected chi connectivity index (χ0v) is 24.5. The molecular formula is C32H42Fe. The second-order valence-corrected chi connectivity index (χ2v) is 10.2. The van der Waals surface area contributed by atoms with Crippen molar-refractivity contribution >= 4 is 21.5 Å². The van der Waals surface area contributed by atoms with Crippen LogP contribution in [0.2, 0.25) is 0 Å². The Morgan fingerprint density at radius 1 is 0.333 bits per heavy atom. The molecule has 4 aromatic carbocycles. The van der Waals surface area contributed by atoms with Gasteiger partial charge in [-0.15, -0.1) is 54.9 Å².